The summed E-state index contributed by atoms with van der Waals surface area (Å²) < 4.78 is 19.6. The van der Waals surface area contributed by atoms with Gasteiger partial charge in [0.2, 0.25) is 0 Å². The summed E-state index contributed by atoms with van der Waals surface area (Å²) in [5.74, 6) is -0.0469. The molecule has 0 unspecified atom stereocenters. The molecule has 32 heavy (non-hydrogen) atoms. The average molecular weight is 437 g/mol. The molecule has 0 radical (unpaired) electrons. The van der Waals surface area contributed by atoms with E-state index in [9.17, 15) is 14.3 Å². The number of aromatic carboxylic acids is 1. The van der Waals surface area contributed by atoms with Gasteiger partial charge in [-0.3, -0.25) is 4.90 Å². The van der Waals surface area contributed by atoms with Crippen LogP contribution in [0.25, 0.3) is 10.9 Å². The van der Waals surface area contributed by atoms with Crippen molar-refractivity contribution in [2.45, 2.75) is 51.4 Å². The predicted octanol–water partition coefficient (Wildman–Crippen LogP) is 5.64. The summed E-state index contributed by atoms with van der Waals surface area (Å²) in [6, 6.07) is 11.5. The van der Waals surface area contributed by atoms with E-state index in [1.165, 1.54) is 0 Å². The number of carbonyl (C=O) groups is 1. The lowest BCUT2D eigenvalue weighted by Crippen LogP contribution is -2.49. The van der Waals surface area contributed by atoms with Crippen LogP contribution in [0.1, 0.15) is 58.8 Å². The molecule has 1 aliphatic carbocycles. The fraction of sp³-hybridized carbons (Fsp3) is 0.423. The molecule has 2 N–H and O–H groups in total. The number of likely N-dealkylation sites (tertiary alicyclic amines) is 1. The van der Waals surface area contributed by atoms with E-state index in [2.05, 4.69) is 28.9 Å². The van der Waals surface area contributed by atoms with Crippen LogP contribution in [0.15, 0.2) is 42.6 Å². The van der Waals surface area contributed by atoms with Gasteiger partial charge in [0.1, 0.15) is 11.9 Å². The van der Waals surface area contributed by atoms with E-state index in [0.717, 1.165) is 59.3 Å². The Hall–Kier alpha value is -2.86. The fourth-order valence-corrected chi connectivity index (χ4v) is 5.78. The van der Waals surface area contributed by atoms with Crippen molar-refractivity contribution in [3.8, 4) is 5.75 Å². The number of halogens is 1. The summed E-state index contributed by atoms with van der Waals surface area (Å²) in [5.41, 5.74) is 4.85. The summed E-state index contributed by atoms with van der Waals surface area (Å²) in [7, 11) is 1.71. The Morgan fingerprint density at radius 1 is 1.25 bits per heavy atom. The van der Waals surface area contributed by atoms with Gasteiger partial charge in [0.25, 0.3) is 0 Å². The van der Waals surface area contributed by atoms with Gasteiger partial charge in [-0.1, -0.05) is 12.1 Å². The molecule has 168 valence electrons. The number of rotatable bonds is 5. The van der Waals surface area contributed by atoms with Crippen LogP contribution in [0.3, 0.4) is 0 Å². The second-order valence-electron chi connectivity index (χ2n) is 9.51. The van der Waals surface area contributed by atoms with Crippen molar-refractivity contribution < 1.29 is 19.0 Å². The highest BCUT2D eigenvalue weighted by Crippen LogP contribution is 2.55. The van der Waals surface area contributed by atoms with Crippen molar-refractivity contribution in [3.05, 3.63) is 64.8 Å². The lowest BCUT2D eigenvalue weighted by molar-refractivity contribution is -0.0560. The van der Waals surface area contributed by atoms with Crippen LogP contribution in [0.2, 0.25) is 0 Å². The molecular formula is C26H29FN2O3. The molecule has 3 aromatic rings. The summed E-state index contributed by atoms with van der Waals surface area (Å²) >= 11 is 0. The van der Waals surface area contributed by atoms with Crippen LogP contribution in [0, 0.1) is 12.3 Å². The molecule has 2 fully saturated rings. The minimum Gasteiger partial charge on any atom is -0.496 e. The number of methoxy groups -OCH3 is 1. The maximum Gasteiger partial charge on any atom is 0.335 e. The Bertz CT molecular complexity index is 1150. The number of aromatic nitrogens is 1. The van der Waals surface area contributed by atoms with Crippen LogP contribution >= 0.6 is 0 Å². The SMILES string of the molecule is COc1cc(C)c2[nH]ccc2c1CN1CC[C@]2(C[C@@H]1c1ccc(C(=O)O)cc1)C[C@@H](F)C2. The fourth-order valence-electron chi connectivity index (χ4n) is 5.78. The number of aryl methyl sites for hydroxylation is 1. The average Bonchev–Trinajstić information content (AvgIpc) is 3.26. The lowest BCUT2D eigenvalue weighted by atomic mass is 9.60. The van der Waals surface area contributed by atoms with Crippen molar-refractivity contribution >= 4 is 16.9 Å². The highest BCUT2D eigenvalue weighted by molar-refractivity contribution is 5.88. The third kappa shape index (κ3) is 3.56. The molecule has 1 aromatic heterocycles. The number of carboxylic acids is 1. The third-order valence-corrected chi connectivity index (χ3v) is 7.54. The summed E-state index contributed by atoms with van der Waals surface area (Å²) in [4.78, 5) is 17.1. The van der Waals surface area contributed by atoms with E-state index in [4.69, 9.17) is 4.74 Å². The van der Waals surface area contributed by atoms with Gasteiger partial charge in [-0.05, 0) is 80.0 Å². The molecule has 6 heteroatoms. The standard InChI is InChI=1S/C26H29FN2O3/c1-16-11-23(32-2)21(20-7-9-28-24(16)20)15-29-10-8-26(12-19(27)13-26)14-22(29)17-3-5-18(6-4-17)25(30)31/h3-7,9,11,19,22,28H,8,10,12-15H2,1-2H3,(H,30,31)/t19-,22-,26+/m1/s1. The zero-order valence-electron chi connectivity index (χ0n) is 18.5. The highest BCUT2D eigenvalue weighted by Gasteiger charge is 2.49. The molecule has 1 aliphatic heterocycles. The largest absolute Gasteiger partial charge is 0.496 e. The van der Waals surface area contributed by atoms with E-state index in [0.29, 0.717) is 12.8 Å². The number of nitrogens with zero attached hydrogens (tertiary/aromatic N) is 1. The van der Waals surface area contributed by atoms with Gasteiger partial charge in [0, 0.05) is 35.2 Å². The summed E-state index contributed by atoms with van der Waals surface area (Å²) in [5, 5.41) is 10.4. The van der Waals surface area contributed by atoms with Crippen molar-refractivity contribution in [1.82, 2.24) is 9.88 Å². The Morgan fingerprint density at radius 3 is 2.66 bits per heavy atom. The number of fused-ring (bicyclic) bond motifs is 1. The van der Waals surface area contributed by atoms with Crippen molar-refractivity contribution in [2.24, 2.45) is 5.41 Å². The molecule has 2 heterocycles. The molecule has 0 amide bonds. The van der Waals surface area contributed by atoms with E-state index in [-0.39, 0.29) is 17.0 Å². The lowest BCUT2D eigenvalue weighted by Gasteiger charge is -2.53. The molecule has 1 spiro atoms. The minimum absolute atomic E-state index is 0.0623. The molecule has 2 aliphatic rings. The molecular weight excluding hydrogens is 407 g/mol. The van der Waals surface area contributed by atoms with Gasteiger partial charge in [-0.25, -0.2) is 9.18 Å². The van der Waals surface area contributed by atoms with Gasteiger partial charge >= 0.3 is 5.97 Å². The summed E-state index contributed by atoms with van der Waals surface area (Å²) in [6.07, 6.45) is 4.43. The quantitative estimate of drug-likeness (QED) is 0.543. The maximum absolute atomic E-state index is 13.8. The Balaban J connectivity index is 1.50. The van der Waals surface area contributed by atoms with Gasteiger partial charge in [0.05, 0.1) is 12.7 Å². The highest BCUT2D eigenvalue weighted by atomic mass is 19.1. The van der Waals surface area contributed by atoms with Gasteiger partial charge < -0.3 is 14.8 Å². The molecule has 5 rings (SSSR count). The number of H-pyrrole nitrogens is 1. The number of hydrogen-bond acceptors (Lipinski definition) is 3. The van der Waals surface area contributed by atoms with Gasteiger partial charge in [-0.2, -0.15) is 0 Å². The maximum atomic E-state index is 13.8. The monoisotopic (exact) mass is 436 g/mol. The first-order valence-electron chi connectivity index (χ1n) is 11.2. The summed E-state index contributed by atoms with van der Waals surface area (Å²) in [6.45, 7) is 3.67. The molecule has 2 aromatic carbocycles. The molecule has 1 saturated carbocycles. The van der Waals surface area contributed by atoms with Crippen LogP contribution in [0.4, 0.5) is 4.39 Å². The number of carboxylic acid groups (broad SMARTS) is 1. The number of aromatic amines is 1. The molecule has 0 bridgehead atoms. The van der Waals surface area contributed by atoms with Crippen LogP contribution < -0.4 is 4.74 Å². The number of piperidine rings is 1. The van der Waals surface area contributed by atoms with Crippen molar-refractivity contribution in [3.63, 3.8) is 0 Å². The molecule has 1 atom stereocenters. The Kier molecular flexibility index (Phi) is 5.20. The number of alkyl halides is 1. The topological polar surface area (TPSA) is 65.6 Å². The minimum atomic E-state index is -0.924. The molecule has 5 nitrogen and oxygen atoms in total. The normalized spacial score (nSPS) is 25.7. The third-order valence-electron chi connectivity index (χ3n) is 7.54. The van der Waals surface area contributed by atoms with E-state index in [1.807, 2.05) is 18.3 Å². The first-order chi connectivity index (χ1) is 15.4. The second kappa shape index (κ2) is 7.93. The van der Waals surface area contributed by atoms with Crippen LogP contribution in [-0.2, 0) is 6.54 Å². The van der Waals surface area contributed by atoms with Crippen molar-refractivity contribution in [2.75, 3.05) is 13.7 Å². The Labute approximate surface area is 187 Å². The van der Waals surface area contributed by atoms with E-state index < -0.39 is 12.1 Å². The van der Waals surface area contributed by atoms with Gasteiger partial charge in [-0.15, -0.1) is 0 Å². The second-order valence-corrected chi connectivity index (χ2v) is 9.51. The predicted molar refractivity (Wildman–Crippen MR) is 122 cm³/mol. The molecule has 1 saturated heterocycles. The van der Waals surface area contributed by atoms with Gasteiger partial charge in [0.15, 0.2) is 0 Å². The number of benzene rings is 2. The van der Waals surface area contributed by atoms with Crippen LogP contribution in [0.5, 0.6) is 5.75 Å². The smallest absolute Gasteiger partial charge is 0.335 e. The Morgan fingerprint density at radius 2 is 2.00 bits per heavy atom. The zero-order chi connectivity index (χ0) is 22.5. The first-order valence-corrected chi connectivity index (χ1v) is 11.2. The number of nitrogens with one attached hydrogen (secondary N) is 1. The number of ether oxygens (including phenoxy) is 1. The van der Waals surface area contributed by atoms with E-state index >= 15 is 0 Å². The zero-order valence-corrected chi connectivity index (χ0v) is 18.5. The van der Waals surface area contributed by atoms with Crippen LogP contribution in [-0.4, -0.2) is 40.8 Å². The first kappa shape index (κ1) is 21.0. The van der Waals surface area contributed by atoms with Crippen molar-refractivity contribution in [1.29, 1.82) is 0 Å². The number of hydrogen-bond donors (Lipinski definition) is 2. The van der Waals surface area contributed by atoms with E-state index in [1.54, 1.807) is 19.2 Å².